The lowest BCUT2D eigenvalue weighted by molar-refractivity contribution is -0.112. The van der Waals surface area contributed by atoms with Crippen LogP contribution in [0.4, 0.5) is 5.13 Å². The number of carbonyl (C=O) groups excluding carboxylic acids is 1. The fraction of sp³-hybridized carbons (Fsp3) is 0.0345. The van der Waals surface area contributed by atoms with Gasteiger partial charge in [0.1, 0.15) is 11.6 Å². The van der Waals surface area contributed by atoms with Crippen molar-refractivity contribution in [3.8, 4) is 23.0 Å². The second-order valence-corrected chi connectivity index (χ2v) is 10.8. The number of para-hydroxylation sites is 1. The number of thiazole rings is 1. The number of halogens is 3. The third kappa shape index (κ3) is 6.39. The van der Waals surface area contributed by atoms with Crippen molar-refractivity contribution in [1.82, 2.24) is 14.8 Å². The van der Waals surface area contributed by atoms with Gasteiger partial charge in [0.25, 0.3) is 5.91 Å². The summed E-state index contributed by atoms with van der Waals surface area (Å²) in [4.78, 5) is 18.2. The molecule has 6 nitrogen and oxygen atoms in total. The zero-order valence-electron chi connectivity index (χ0n) is 20.1. The van der Waals surface area contributed by atoms with E-state index in [0.717, 1.165) is 21.7 Å². The first-order valence-corrected chi connectivity index (χ1v) is 13.6. The lowest BCUT2D eigenvalue weighted by atomic mass is 10.1. The van der Waals surface area contributed by atoms with Gasteiger partial charge in [-0.05, 0) is 48.0 Å². The van der Waals surface area contributed by atoms with Crippen LogP contribution in [0.2, 0.25) is 15.1 Å². The Kier molecular flexibility index (Phi) is 8.10. The van der Waals surface area contributed by atoms with Gasteiger partial charge in [-0.3, -0.25) is 10.1 Å². The summed E-state index contributed by atoms with van der Waals surface area (Å²) in [5.41, 5.74) is 3.65. The molecule has 0 radical (unpaired) electrons. The van der Waals surface area contributed by atoms with E-state index >= 15 is 0 Å². The lowest BCUT2D eigenvalue weighted by Crippen LogP contribution is -2.13. The van der Waals surface area contributed by atoms with Gasteiger partial charge in [-0.15, -0.1) is 11.3 Å². The van der Waals surface area contributed by atoms with Gasteiger partial charge in [-0.25, -0.2) is 9.67 Å². The highest BCUT2D eigenvalue weighted by Crippen LogP contribution is 2.29. The summed E-state index contributed by atoms with van der Waals surface area (Å²) in [5, 5.41) is 19.4. The third-order valence-electron chi connectivity index (χ3n) is 5.70. The number of amides is 1. The second kappa shape index (κ2) is 11.9. The van der Waals surface area contributed by atoms with E-state index in [1.165, 1.54) is 17.4 Å². The van der Waals surface area contributed by atoms with Gasteiger partial charge in [0.2, 0.25) is 0 Å². The average molecular weight is 591 g/mol. The number of rotatable bonds is 7. The molecule has 2 aromatic heterocycles. The molecule has 0 atom stereocenters. The molecule has 192 valence electrons. The Morgan fingerprint density at radius 1 is 1.03 bits per heavy atom. The van der Waals surface area contributed by atoms with Crippen LogP contribution in [0.3, 0.4) is 0 Å². The minimum Gasteiger partial charge on any atom is -0.297 e. The molecule has 39 heavy (non-hydrogen) atoms. The maximum atomic E-state index is 13.1. The molecule has 10 heteroatoms. The number of nitrogens with zero attached hydrogens (tertiary/aromatic N) is 4. The Bertz CT molecular complexity index is 1720. The molecular weight excluding hydrogens is 573 g/mol. The van der Waals surface area contributed by atoms with Crippen LogP contribution in [0.15, 0.2) is 90.8 Å². The van der Waals surface area contributed by atoms with Gasteiger partial charge >= 0.3 is 0 Å². The number of nitrogens with one attached hydrogen (secondary N) is 1. The van der Waals surface area contributed by atoms with Crippen molar-refractivity contribution in [3.05, 3.63) is 122 Å². The molecule has 5 aromatic rings. The molecule has 0 fully saturated rings. The maximum Gasteiger partial charge on any atom is 0.268 e. The third-order valence-corrected chi connectivity index (χ3v) is 7.45. The predicted molar refractivity (Wildman–Crippen MR) is 158 cm³/mol. The van der Waals surface area contributed by atoms with E-state index in [-0.39, 0.29) is 5.57 Å². The molecule has 0 unspecified atom stereocenters. The first-order valence-electron chi connectivity index (χ1n) is 11.6. The largest absolute Gasteiger partial charge is 0.297 e. The number of anilines is 1. The quantitative estimate of drug-likeness (QED) is 0.153. The van der Waals surface area contributed by atoms with E-state index < -0.39 is 5.91 Å². The minimum absolute atomic E-state index is 0.0877. The van der Waals surface area contributed by atoms with Gasteiger partial charge in [0, 0.05) is 49.9 Å². The van der Waals surface area contributed by atoms with Crippen LogP contribution in [0, 0.1) is 11.3 Å². The van der Waals surface area contributed by atoms with Crippen LogP contribution in [0.1, 0.15) is 16.0 Å². The zero-order valence-corrected chi connectivity index (χ0v) is 23.2. The highest BCUT2D eigenvalue weighted by molar-refractivity contribution is 7.15. The van der Waals surface area contributed by atoms with E-state index in [0.29, 0.717) is 37.9 Å². The van der Waals surface area contributed by atoms with Crippen LogP contribution >= 0.6 is 46.1 Å². The van der Waals surface area contributed by atoms with E-state index in [1.54, 1.807) is 41.3 Å². The highest BCUT2D eigenvalue weighted by atomic mass is 35.5. The number of hydrogen-bond acceptors (Lipinski definition) is 5. The second-order valence-electron chi connectivity index (χ2n) is 8.39. The van der Waals surface area contributed by atoms with Gasteiger partial charge < -0.3 is 0 Å². The number of benzene rings is 3. The molecule has 0 bridgehead atoms. The van der Waals surface area contributed by atoms with E-state index in [2.05, 4.69) is 10.3 Å². The van der Waals surface area contributed by atoms with Crippen molar-refractivity contribution in [2.24, 2.45) is 0 Å². The molecule has 1 amide bonds. The van der Waals surface area contributed by atoms with Crippen LogP contribution in [0.25, 0.3) is 23.0 Å². The summed E-state index contributed by atoms with van der Waals surface area (Å²) in [7, 11) is 0. The zero-order chi connectivity index (χ0) is 27.4. The first-order chi connectivity index (χ1) is 18.9. The summed E-state index contributed by atoms with van der Waals surface area (Å²) in [6.45, 7) is 0. The Balaban J connectivity index is 1.41. The van der Waals surface area contributed by atoms with E-state index in [1.807, 2.05) is 54.6 Å². The maximum absolute atomic E-state index is 13.1. The Hall–Kier alpha value is -3.93. The van der Waals surface area contributed by atoms with E-state index in [9.17, 15) is 10.1 Å². The molecule has 3 aromatic carbocycles. The summed E-state index contributed by atoms with van der Waals surface area (Å²) >= 11 is 19.7. The summed E-state index contributed by atoms with van der Waals surface area (Å²) < 4.78 is 1.71. The highest BCUT2D eigenvalue weighted by Gasteiger charge is 2.17. The monoisotopic (exact) mass is 589 g/mol. The van der Waals surface area contributed by atoms with Crippen molar-refractivity contribution >= 4 is 63.3 Å². The minimum atomic E-state index is -0.572. The normalized spacial score (nSPS) is 11.3. The van der Waals surface area contributed by atoms with Gasteiger partial charge in [-0.1, -0.05) is 71.2 Å². The molecule has 0 spiro atoms. The van der Waals surface area contributed by atoms with Crippen molar-refractivity contribution < 1.29 is 4.79 Å². The molecule has 2 heterocycles. The fourth-order valence-electron chi connectivity index (χ4n) is 3.81. The van der Waals surface area contributed by atoms with Crippen molar-refractivity contribution in [2.45, 2.75) is 6.42 Å². The van der Waals surface area contributed by atoms with Crippen LogP contribution < -0.4 is 5.32 Å². The molecule has 0 saturated carbocycles. The Morgan fingerprint density at radius 3 is 2.49 bits per heavy atom. The molecular formula is C29H18Cl3N5OS. The van der Waals surface area contributed by atoms with Gasteiger partial charge in [0.05, 0.1) is 11.4 Å². The fourth-order valence-corrected chi connectivity index (χ4v) is 5.24. The standard InChI is InChI=1S/C29H18Cl3N5OS/c30-22-9-6-18(7-10-22)27-21(17-37(36-27)24-4-2-1-3-5-24)12-20(15-33)28(38)35-29-34-16-25(39-29)13-19-8-11-23(31)14-26(19)32/h1-12,14,16-17H,13H2,(H,34,35,38)/b20-12+. The summed E-state index contributed by atoms with van der Waals surface area (Å²) in [6.07, 6.45) is 5.51. The summed E-state index contributed by atoms with van der Waals surface area (Å²) in [5.74, 6) is -0.572. The van der Waals surface area contributed by atoms with Crippen LogP contribution in [0.5, 0.6) is 0 Å². The van der Waals surface area contributed by atoms with E-state index in [4.69, 9.17) is 39.9 Å². The molecule has 5 rings (SSSR count). The first kappa shape index (κ1) is 26.7. The van der Waals surface area contributed by atoms with Crippen molar-refractivity contribution in [1.29, 1.82) is 5.26 Å². The molecule has 0 saturated heterocycles. The number of aromatic nitrogens is 3. The van der Waals surface area contributed by atoms with Gasteiger partial charge in [0.15, 0.2) is 5.13 Å². The number of nitriles is 1. The topological polar surface area (TPSA) is 83.6 Å². The molecule has 0 aliphatic carbocycles. The van der Waals surface area contributed by atoms with Crippen molar-refractivity contribution in [3.63, 3.8) is 0 Å². The molecule has 0 aliphatic rings. The molecule has 1 N–H and O–H groups in total. The molecule has 0 aliphatic heterocycles. The Morgan fingerprint density at radius 2 is 1.77 bits per heavy atom. The SMILES string of the molecule is N#C/C(=C\c1cn(-c2ccccc2)nc1-c1ccc(Cl)cc1)C(=O)Nc1ncc(Cc2ccc(Cl)cc2Cl)s1. The number of carbonyl (C=O) groups is 1. The van der Waals surface area contributed by atoms with Crippen LogP contribution in [-0.2, 0) is 11.2 Å². The number of hydrogen-bond donors (Lipinski definition) is 1. The smallest absolute Gasteiger partial charge is 0.268 e. The lowest BCUT2D eigenvalue weighted by Gasteiger charge is -2.03. The summed E-state index contributed by atoms with van der Waals surface area (Å²) in [6, 6.07) is 24.1. The Labute approximate surface area is 243 Å². The van der Waals surface area contributed by atoms with Gasteiger partial charge in [-0.2, -0.15) is 10.4 Å². The predicted octanol–water partition coefficient (Wildman–Crippen LogP) is 8.09. The van der Waals surface area contributed by atoms with Crippen LogP contribution in [-0.4, -0.2) is 20.7 Å². The van der Waals surface area contributed by atoms with Crippen molar-refractivity contribution in [2.75, 3.05) is 5.32 Å². The average Bonchev–Trinajstić information content (AvgIpc) is 3.56.